The van der Waals surface area contributed by atoms with E-state index in [1.54, 1.807) is 12.1 Å². The van der Waals surface area contributed by atoms with Crippen molar-refractivity contribution in [3.8, 4) is 5.75 Å². The minimum atomic E-state index is -0.297. The predicted octanol–water partition coefficient (Wildman–Crippen LogP) is 2.43. The van der Waals surface area contributed by atoms with Gasteiger partial charge in [0.2, 0.25) is 0 Å². The van der Waals surface area contributed by atoms with Crippen molar-refractivity contribution in [2.45, 2.75) is 31.2 Å². The van der Waals surface area contributed by atoms with E-state index in [0.717, 1.165) is 24.8 Å². The Labute approximate surface area is 89.2 Å². The maximum absolute atomic E-state index is 13.5. The van der Waals surface area contributed by atoms with Crippen molar-refractivity contribution < 1.29 is 9.13 Å². The third kappa shape index (κ3) is 1.97. The summed E-state index contributed by atoms with van der Waals surface area (Å²) in [6.07, 6.45) is 3.24. The zero-order valence-corrected chi connectivity index (χ0v) is 8.87. The normalized spacial score (nSPS) is 25.5. The van der Waals surface area contributed by atoms with Crippen LogP contribution < -0.4 is 10.5 Å². The second-order valence-electron chi connectivity index (χ2n) is 4.10. The minimum Gasteiger partial charge on any atom is -0.494 e. The summed E-state index contributed by atoms with van der Waals surface area (Å²) in [6.45, 7) is 0. The summed E-state index contributed by atoms with van der Waals surface area (Å²) in [5.74, 6) is 0.310. The molecule has 1 aromatic rings. The number of ether oxygens (including phenoxy) is 1. The molecule has 0 aromatic heterocycles. The molecule has 1 fully saturated rings. The van der Waals surface area contributed by atoms with Crippen molar-refractivity contribution in [2.24, 2.45) is 5.73 Å². The quantitative estimate of drug-likeness (QED) is 0.811. The molecule has 1 aromatic carbocycles. The summed E-state index contributed by atoms with van der Waals surface area (Å²) in [7, 11) is 1.47. The lowest BCUT2D eigenvalue weighted by Crippen LogP contribution is -2.22. The van der Waals surface area contributed by atoms with Gasteiger partial charge in [-0.2, -0.15) is 0 Å². The fourth-order valence-corrected chi connectivity index (χ4v) is 2.32. The highest BCUT2D eigenvalue weighted by molar-refractivity contribution is 5.32. The summed E-state index contributed by atoms with van der Waals surface area (Å²) in [4.78, 5) is 0. The number of benzene rings is 1. The van der Waals surface area contributed by atoms with Gasteiger partial charge in [-0.15, -0.1) is 0 Å². The molecule has 0 saturated heterocycles. The standard InChI is InChI=1S/C12H16FNO/c1-15-12-6-5-8(7-10(12)13)9-3-2-4-11(9)14/h5-7,9,11H,2-4,14H2,1H3. The lowest BCUT2D eigenvalue weighted by atomic mass is 9.94. The SMILES string of the molecule is COc1ccc(C2CCCC2N)cc1F. The molecule has 0 spiro atoms. The van der Waals surface area contributed by atoms with Gasteiger partial charge >= 0.3 is 0 Å². The fourth-order valence-electron chi connectivity index (χ4n) is 2.32. The van der Waals surface area contributed by atoms with E-state index in [1.165, 1.54) is 7.11 Å². The summed E-state index contributed by atoms with van der Waals surface area (Å²) in [6, 6.07) is 5.32. The molecule has 82 valence electrons. The van der Waals surface area contributed by atoms with Gasteiger partial charge in [0.1, 0.15) is 0 Å². The number of halogens is 1. The summed E-state index contributed by atoms with van der Waals surface area (Å²) < 4.78 is 18.3. The molecule has 2 N–H and O–H groups in total. The van der Waals surface area contributed by atoms with Crippen LogP contribution in [0.25, 0.3) is 0 Å². The zero-order chi connectivity index (χ0) is 10.8. The van der Waals surface area contributed by atoms with Gasteiger partial charge in [-0.1, -0.05) is 12.5 Å². The molecule has 1 aliphatic rings. The van der Waals surface area contributed by atoms with Crippen LogP contribution >= 0.6 is 0 Å². The Morgan fingerprint density at radius 2 is 2.20 bits per heavy atom. The van der Waals surface area contributed by atoms with Crippen LogP contribution in [0.2, 0.25) is 0 Å². The minimum absolute atomic E-state index is 0.179. The molecule has 1 saturated carbocycles. The van der Waals surface area contributed by atoms with Crippen molar-refractivity contribution in [2.75, 3.05) is 7.11 Å². The van der Waals surface area contributed by atoms with Crippen molar-refractivity contribution >= 4 is 0 Å². The average molecular weight is 209 g/mol. The molecule has 0 heterocycles. The average Bonchev–Trinajstić information content (AvgIpc) is 2.64. The third-order valence-electron chi connectivity index (χ3n) is 3.17. The first-order valence-electron chi connectivity index (χ1n) is 5.31. The Hall–Kier alpha value is -1.09. The molecule has 2 nitrogen and oxygen atoms in total. The molecular formula is C12H16FNO. The van der Waals surface area contributed by atoms with E-state index in [9.17, 15) is 4.39 Å². The lowest BCUT2D eigenvalue weighted by molar-refractivity contribution is 0.385. The predicted molar refractivity (Wildman–Crippen MR) is 57.5 cm³/mol. The summed E-state index contributed by atoms with van der Waals surface area (Å²) in [5, 5.41) is 0. The smallest absolute Gasteiger partial charge is 0.165 e. The second-order valence-corrected chi connectivity index (χ2v) is 4.10. The van der Waals surface area contributed by atoms with Crippen molar-refractivity contribution in [3.63, 3.8) is 0 Å². The third-order valence-corrected chi connectivity index (χ3v) is 3.17. The first kappa shape index (κ1) is 10.4. The number of hydrogen-bond acceptors (Lipinski definition) is 2. The van der Waals surface area contributed by atoms with Crippen molar-refractivity contribution in [1.82, 2.24) is 0 Å². The lowest BCUT2D eigenvalue weighted by Gasteiger charge is -2.16. The van der Waals surface area contributed by atoms with E-state index in [4.69, 9.17) is 10.5 Å². The van der Waals surface area contributed by atoms with Gasteiger partial charge in [-0.3, -0.25) is 0 Å². The van der Waals surface area contributed by atoms with E-state index in [2.05, 4.69) is 0 Å². The molecule has 2 unspecified atom stereocenters. The largest absolute Gasteiger partial charge is 0.494 e. The van der Waals surface area contributed by atoms with Crippen LogP contribution in [0.1, 0.15) is 30.7 Å². The fraction of sp³-hybridized carbons (Fsp3) is 0.500. The Morgan fingerprint density at radius 1 is 1.40 bits per heavy atom. The van der Waals surface area contributed by atoms with Crippen LogP contribution in [0.5, 0.6) is 5.75 Å². The second kappa shape index (κ2) is 4.19. The number of methoxy groups -OCH3 is 1. The summed E-state index contributed by atoms with van der Waals surface area (Å²) in [5.41, 5.74) is 6.98. The van der Waals surface area contributed by atoms with Crippen LogP contribution in [0.3, 0.4) is 0 Å². The Balaban J connectivity index is 2.25. The van der Waals surface area contributed by atoms with E-state index in [1.807, 2.05) is 6.07 Å². The number of hydrogen-bond donors (Lipinski definition) is 1. The van der Waals surface area contributed by atoms with Gasteiger partial charge in [0.05, 0.1) is 7.11 Å². The zero-order valence-electron chi connectivity index (χ0n) is 8.87. The van der Waals surface area contributed by atoms with Gasteiger partial charge in [0.25, 0.3) is 0 Å². The van der Waals surface area contributed by atoms with Crippen LogP contribution in [-0.4, -0.2) is 13.2 Å². The number of rotatable bonds is 2. The highest BCUT2D eigenvalue weighted by Gasteiger charge is 2.25. The molecule has 2 atom stereocenters. The van der Waals surface area contributed by atoms with Crippen molar-refractivity contribution in [1.29, 1.82) is 0 Å². The van der Waals surface area contributed by atoms with E-state index < -0.39 is 0 Å². The molecule has 2 rings (SSSR count). The molecule has 15 heavy (non-hydrogen) atoms. The van der Waals surface area contributed by atoms with E-state index in [-0.39, 0.29) is 11.9 Å². The molecule has 0 bridgehead atoms. The molecule has 1 aliphatic carbocycles. The van der Waals surface area contributed by atoms with Gasteiger partial charge in [-0.25, -0.2) is 4.39 Å². The molecule has 0 radical (unpaired) electrons. The van der Waals surface area contributed by atoms with Crippen LogP contribution in [-0.2, 0) is 0 Å². The number of nitrogens with two attached hydrogens (primary N) is 1. The highest BCUT2D eigenvalue weighted by Crippen LogP contribution is 2.34. The van der Waals surface area contributed by atoms with Gasteiger partial charge < -0.3 is 10.5 Å². The Kier molecular flexibility index (Phi) is 2.91. The Morgan fingerprint density at radius 3 is 2.73 bits per heavy atom. The van der Waals surface area contributed by atoms with Crippen LogP contribution in [0, 0.1) is 5.82 Å². The molecule has 0 aliphatic heterocycles. The Bertz CT molecular complexity index is 353. The maximum Gasteiger partial charge on any atom is 0.165 e. The first-order chi connectivity index (χ1) is 7.22. The topological polar surface area (TPSA) is 35.2 Å². The van der Waals surface area contributed by atoms with E-state index >= 15 is 0 Å². The van der Waals surface area contributed by atoms with Gasteiger partial charge in [0.15, 0.2) is 11.6 Å². The van der Waals surface area contributed by atoms with Crippen LogP contribution in [0.15, 0.2) is 18.2 Å². The molecule has 3 heteroatoms. The van der Waals surface area contributed by atoms with Crippen LogP contribution in [0.4, 0.5) is 4.39 Å². The molecule has 0 amide bonds. The molecular weight excluding hydrogens is 193 g/mol. The van der Waals surface area contributed by atoms with E-state index in [0.29, 0.717) is 11.7 Å². The van der Waals surface area contributed by atoms with Gasteiger partial charge in [0, 0.05) is 6.04 Å². The first-order valence-corrected chi connectivity index (χ1v) is 5.31. The highest BCUT2D eigenvalue weighted by atomic mass is 19.1. The monoisotopic (exact) mass is 209 g/mol. The summed E-state index contributed by atoms with van der Waals surface area (Å²) >= 11 is 0. The van der Waals surface area contributed by atoms with Gasteiger partial charge in [-0.05, 0) is 36.5 Å². The van der Waals surface area contributed by atoms with Crippen molar-refractivity contribution in [3.05, 3.63) is 29.6 Å². The maximum atomic E-state index is 13.5.